The molecule has 2 aliphatic heterocycles. The largest absolute Gasteiger partial charge is 0.493 e. The SMILES string of the molecule is COc1cc(C2(O)CC3CCCC(C2)S3=O)cc(OC)c1OC. The van der Waals surface area contributed by atoms with Crippen LogP contribution in [0.3, 0.4) is 0 Å². The number of aliphatic hydroxyl groups is 1. The van der Waals surface area contributed by atoms with Gasteiger partial charge in [-0.1, -0.05) is 6.42 Å². The maximum Gasteiger partial charge on any atom is 0.203 e. The van der Waals surface area contributed by atoms with E-state index in [0.29, 0.717) is 30.1 Å². The van der Waals surface area contributed by atoms with Crippen molar-refractivity contribution < 1.29 is 23.5 Å². The summed E-state index contributed by atoms with van der Waals surface area (Å²) in [6, 6.07) is 3.62. The quantitative estimate of drug-likeness (QED) is 0.911. The third-order valence-corrected chi connectivity index (χ3v) is 7.16. The Hall–Kier alpha value is -1.27. The molecule has 0 aliphatic carbocycles. The first kappa shape index (κ1) is 16.6. The minimum atomic E-state index is -0.990. The molecule has 0 aromatic heterocycles. The van der Waals surface area contributed by atoms with Gasteiger partial charge in [-0.15, -0.1) is 0 Å². The summed E-state index contributed by atoms with van der Waals surface area (Å²) < 4.78 is 28.5. The van der Waals surface area contributed by atoms with Gasteiger partial charge in [-0.2, -0.15) is 0 Å². The molecule has 2 fully saturated rings. The Balaban J connectivity index is 2.02. The molecule has 2 unspecified atom stereocenters. The maximum absolute atomic E-state index is 12.4. The molecule has 2 saturated heterocycles. The zero-order valence-electron chi connectivity index (χ0n) is 13.8. The molecule has 1 N–H and O–H groups in total. The fourth-order valence-electron chi connectivity index (χ4n) is 3.87. The fraction of sp³-hybridized carbons (Fsp3) is 0.647. The van der Waals surface area contributed by atoms with Crippen LogP contribution in [-0.2, 0) is 16.4 Å². The van der Waals surface area contributed by atoms with Crippen LogP contribution in [-0.4, -0.2) is 41.1 Å². The van der Waals surface area contributed by atoms with Crippen molar-refractivity contribution in [3.8, 4) is 17.2 Å². The zero-order valence-corrected chi connectivity index (χ0v) is 14.6. The molecule has 1 aromatic rings. The van der Waals surface area contributed by atoms with E-state index in [1.807, 2.05) is 12.1 Å². The summed E-state index contributed by atoms with van der Waals surface area (Å²) in [5.41, 5.74) is -0.239. The van der Waals surface area contributed by atoms with Gasteiger partial charge in [0.25, 0.3) is 0 Å². The highest BCUT2D eigenvalue weighted by atomic mass is 32.2. The normalized spacial score (nSPS) is 33.1. The minimum Gasteiger partial charge on any atom is -0.493 e. The van der Waals surface area contributed by atoms with E-state index in [2.05, 4.69) is 0 Å². The van der Waals surface area contributed by atoms with Gasteiger partial charge in [-0.05, 0) is 43.4 Å². The maximum atomic E-state index is 12.4. The zero-order chi connectivity index (χ0) is 16.6. The number of ether oxygens (including phenoxy) is 3. The molecule has 1 aromatic carbocycles. The lowest BCUT2D eigenvalue weighted by Crippen LogP contribution is -2.47. The first-order valence-corrected chi connectivity index (χ1v) is 9.22. The second-order valence-corrected chi connectivity index (χ2v) is 8.35. The average Bonchev–Trinajstić information content (AvgIpc) is 2.55. The Bertz CT molecular complexity index is 574. The van der Waals surface area contributed by atoms with Crippen LogP contribution < -0.4 is 14.2 Å². The molecule has 2 atom stereocenters. The lowest BCUT2D eigenvalue weighted by Gasteiger charge is -2.44. The van der Waals surface area contributed by atoms with Crippen LogP contribution in [0.1, 0.15) is 37.7 Å². The van der Waals surface area contributed by atoms with Crippen molar-refractivity contribution in [2.24, 2.45) is 0 Å². The number of benzene rings is 1. The van der Waals surface area contributed by atoms with Crippen LogP contribution in [0.25, 0.3) is 0 Å². The molecule has 23 heavy (non-hydrogen) atoms. The predicted molar refractivity (Wildman–Crippen MR) is 88.8 cm³/mol. The Kier molecular flexibility index (Phi) is 4.56. The number of rotatable bonds is 4. The molecule has 0 amide bonds. The monoisotopic (exact) mass is 340 g/mol. The van der Waals surface area contributed by atoms with Crippen LogP contribution in [0, 0.1) is 0 Å². The second-order valence-electron chi connectivity index (χ2n) is 6.36. The third-order valence-electron chi connectivity index (χ3n) is 5.04. The molecule has 2 bridgehead atoms. The van der Waals surface area contributed by atoms with Gasteiger partial charge >= 0.3 is 0 Å². The number of methoxy groups -OCH3 is 3. The topological polar surface area (TPSA) is 65.0 Å². The van der Waals surface area contributed by atoms with Crippen LogP contribution in [0.15, 0.2) is 12.1 Å². The third kappa shape index (κ3) is 2.83. The van der Waals surface area contributed by atoms with Gasteiger partial charge in [0, 0.05) is 21.3 Å². The van der Waals surface area contributed by atoms with Crippen molar-refractivity contribution in [1.29, 1.82) is 0 Å². The van der Waals surface area contributed by atoms with Gasteiger partial charge in [0.15, 0.2) is 11.5 Å². The summed E-state index contributed by atoms with van der Waals surface area (Å²) in [4.78, 5) is 0. The van der Waals surface area contributed by atoms with Gasteiger partial charge in [0.2, 0.25) is 5.75 Å². The molecular formula is C17H24O5S. The van der Waals surface area contributed by atoms with E-state index >= 15 is 0 Å². The van der Waals surface area contributed by atoms with Crippen molar-refractivity contribution in [2.75, 3.05) is 21.3 Å². The number of hydrogen-bond donors (Lipinski definition) is 1. The Morgan fingerprint density at radius 1 is 1.04 bits per heavy atom. The first-order valence-electron chi connectivity index (χ1n) is 7.94. The predicted octanol–water partition coefficient (Wildman–Crippen LogP) is 2.36. The van der Waals surface area contributed by atoms with Gasteiger partial charge in [-0.3, -0.25) is 4.21 Å². The van der Waals surface area contributed by atoms with Crippen molar-refractivity contribution >= 4 is 10.8 Å². The second kappa shape index (κ2) is 6.32. The molecule has 5 nitrogen and oxygen atoms in total. The molecule has 2 heterocycles. The van der Waals surface area contributed by atoms with E-state index in [1.165, 1.54) is 0 Å². The highest BCUT2D eigenvalue weighted by molar-refractivity contribution is 7.86. The van der Waals surface area contributed by atoms with Crippen molar-refractivity contribution in [3.05, 3.63) is 17.7 Å². The average molecular weight is 340 g/mol. The van der Waals surface area contributed by atoms with E-state index in [-0.39, 0.29) is 10.5 Å². The molecule has 2 aliphatic rings. The smallest absolute Gasteiger partial charge is 0.203 e. The van der Waals surface area contributed by atoms with Crippen LogP contribution >= 0.6 is 0 Å². The summed E-state index contributed by atoms with van der Waals surface area (Å²) in [6.45, 7) is 0. The van der Waals surface area contributed by atoms with E-state index < -0.39 is 16.4 Å². The van der Waals surface area contributed by atoms with Crippen LogP contribution in [0.5, 0.6) is 17.2 Å². The lowest BCUT2D eigenvalue weighted by atomic mass is 9.80. The van der Waals surface area contributed by atoms with Gasteiger partial charge < -0.3 is 19.3 Å². The van der Waals surface area contributed by atoms with Crippen molar-refractivity contribution in [2.45, 2.75) is 48.2 Å². The highest BCUT2D eigenvalue weighted by Gasteiger charge is 2.46. The van der Waals surface area contributed by atoms with Gasteiger partial charge in [0.1, 0.15) is 0 Å². The Morgan fingerprint density at radius 3 is 2.00 bits per heavy atom. The number of hydrogen-bond acceptors (Lipinski definition) is 5. The highest BCUT2D eigenvalue weighted by Crippen LogP contribution is 2.48. The van der Waals surface area contributed by atoms with E-state index in [0.717, 1.165) is 24.8 Å². The summed E-state index contributed by atoms with van der Waals surface area (Å²) in [5.74, 6) is 1.58. The van der Waals surface area contributed by atoms with E-state index in [9.17, 15) is 9.32 Å². The van der Waals surface area contributed by atoms with E-state index in [1.54, 1.807) is 21.3 Å². The Morgan fingerprint density at radius 2 is 1.57 bits per heavy atom. The molecule has 3 rings (SSSR count). The minimum absolute atomic E-state index is 0.0755. The van der Waals surface area contributed by atoms with Gasteiger partial charge in [0.05, 0.1) is 26.9 Å². The number of fused-ring (bicyclic) bond motifs is 2. The van der Waals surface area contributed by atoms with Crippen LogP contribution in [0.4, 0.5) is 0 Å². The molecule has 128 valence electrons. The Labute approximate surface area is 139 Å². The van der Waals surface area contributed by atoms with Crippen LogP contribution in [0.2, 0.25) is 0 Å². The summed E-state index contributed by atoms with van der Waals surface area (Å²) in [6.07, 6.45) is 4.00. The summed E-state index contributed by atoms with van der Waals surface area (Å²) in [5, 5.41) is 11.4. The first-order chi connectivity index (χ1) is 11.0. The lowest BCUT2D eigenvalue weighted by molar-refractivity contribution is 0.00613. The summed E-state index contributed by atoms with van der Waals surface area (Å²) in [7, 11) is 3.87. The molecule has 0 spiro atoms. The molecular weight excluding hydrogens is 316 g/mol. The standard InChI is InChI=1S/C17H24O5S/c1-20-14-7-11(8-15(21-2)16(14)22-3)17(18)9-12-5-4-6-13(10-17)23(12)19/h7-8,12-13,18H,4-6,9-10H2,1-3H3. The summed E-state index contributed by atoms with van der Waals surface area (Å²) >= 11 is 0. The molecule has 0 radical (unpaired) electrons. The van der Waals surface area contributed by atoms with Crippen molar-refractivity contribution in [1.82, 2.24) is 0 Å². The van der Waals surface area contributed by atoms with Gasteiger partial charge in [-0.25, -0.2) is 0 Å². The van der Waals surface area contributed by atoms with Crippen molar-refractivity contribution in [3.63, 3.8) is 0 Å². The van der Waals surface area contributed by atoms with E-state index in [4.69, 9.17) is 14.2 Å². The molecule has 6 heteroatoms. The fourth-order valence-corrected chi connectivity index (χ4v) is 6.09. The molecule has 0 saturated carbocycles.